The highest BCUT2D eigenvalue weighted by atomic mass is 19.1. The third-order valence-corrected chi connectivity index (χ3v) is 6.42. The zero-order chi connectivity index (χ0) is 27.3. The van der Waals surface area contributed by atoms with Gasteiger partial charge in [0.05, 0.1) is 6.61 Å². The summed E-state index contributed by atoms with van der Waals surface area (Å²) in [5, 5.41) is 15.2. The molecule has 3 rings (SSSR count). The summed E-state index contributed by atoms with van der Waals surface area (Å²) in [5.74, 6) is -1.80. The second-order valence-electron chi connectivity index (χ2n) is 9.27. The predicted molar refractivity (Wildman–Crippen MR) is 138 cm³/mol. The second-order valence-corrected chi connectivity index (χ2v) is 9.27. The van der Waals surface area contributed by atoms with Gasteiger partial charge in [-0.25, -0.2) is 23.4 Å². The number of hydrogen-bond acceptors (Lipinski definition) is 7. The summed E-state index contributed by atoms with van der Waals surface area (Å²) in [6.07, 6.45) is 4.02. The molecular weight excluding hydrogens is 498 g/mol. The quantitative estimate of drug-likeness (QED) is 0.296. The first kappa shape index (κ1) is 29.2. The molecule has 0 bridgehead atoms. The Bertz CT molecular complexity index is 1070. The van der Waals surface area contributed by atoms with Crippen LogP contribution in [-0.2, 0) is 33.7 Å². The van der Waals surface area contributed by atoms with Gasteiger partial charge in [-0.15, -0.1) is 0 Å². The topological polar surface area (TPSA) is 113 Å². The molecule has 2 heterocycles. The van der Waals surface area contributed by atoms with Gasteiger partial charge in [0.2, 0.25) is 0 Å². The number of carboxylic acid groups (broad SMARTS) is 1. The Labute approximate surface area is 221 Å². The van der Waals surface area contributed by atoms with Gasteiger partial charge in [-0.3, -0.25) is 0 Å². The number of unbranched alkanes of at least 4 members (excludes halogenated alkanes) is 1. The number of carbonyl (C=O) groups excluding carboxylic acids is 1. The van der Waals surface area contributed by atoms with Crippen LogP contribution in [0.1, 0.15) is 42.5 Å². The number of pyridine rings is 1. The van der Waals surface area contributed by atoms with Gasteiger partial charge in [0.25, 0.3) is 0 Å². The average Bonchev–Trinajstić information content (AvgIpc) is 2.90. The Hall–Kier alpha value is -3.31. The normalized spacial score (nSPS) is 13.5. The number of hydrogen-bond donors (Lipinski definition) is 3. The van der Waals surface area contributed by atoms with E-state index in [1.807, 2.05) is 0 Å². The Kier molecular flexibility index (Phi) is 11.7. The molecule has 0 spiro atoms. The molecule has 2 aromatic rings. The number of alkyl carbamates (subject to hydrolysis) is 1. The number of nitrogens with zero attached hydrogens (tertiary/aromatic N) is 2. The number of aliphatic carboxylic acids is 1. The standard InChI is InChI=1S/C27H36F2N4O5/c1-37-16-15-33(13-3-2-6-22-10-8-19-5-4-12-30-25(19)31-22)14-11-24(26(34)35)32-27(36)38-18-20-7-9-21(28)17-23(20)29/h7-10,17,24H,2-6,11-16,18H2,1H3,(H,30,31)(H,32,36)(H,34,35)/t24-/m0/s1. The van der Waals surface area contributed by atoms with E-state index in [1.165, 1.54) is 11.6 Å². The van der Waals surface area contributed by atoms with E-state index in [1.54, 1.807) is 7.11 Å². The fraction of sp³-hybridized carbons (Fsp3) is 0.519. The number of fused-ring (bicyclic) bond motifs is 1. The number of ether oxygens (including phenoxy) is 2. The molecule has 38 heavy (non-hydrogen) atoms. The molecule has 208 valence electrons. The molecule has 0 radical (unpaired) electrons. The van der Waals surface area contributed by atoms with Gasteiger partial charge in [-0.2, -0.15) is 0 Å². The SMILES string of the molecule is COCCN(CCCCc1ccc2c(n1)NCCC2)CC[C@H](NC(=O)OCc1ccc(F)cc1F)C(=O)O. The third-order valence-electron chi connectivity index (χ3n) is 6.42. The average molecular weight is 535 g/mol. The van der Waals surface area contributed by atoms with E-state index in [0.717, 1.165) is 62.8 Å². The van der Waals surface area contributed by atoms with Crippen LogP contribution in [0.25, 0.3) is 0 Å². The summed E-state index contributed by atoms with van der Waals surface area (Å²) >= 11 is 0. The van der Waals surface area contributed by atoms with Crippen LogP contribution in [0.15, 0.2) is 30.3 Å². The summed E-state index contributed by atoms with van der Waals surface area (Å²) in [7, 11) is 1.61. The minimum Gasteiger partial charge on any atom is -0.480 e. The summed E-state index contributed by atoms with van der Waals surface area (Å²) in [4.78, 5) is 30.7. The lowest BCUT2D eigenvalue weighted by Crippen LogP contribution is -2.43. The van der Waals surface area contributed by atoms with Crippen molar-refractivity contribution in [3.8, 4) is 0 Å². The summed E-state index contributed by atoms with van der Waals surface area (Å²) < 4.78 is 36.9. The van der Waals surface area contributed by atoms with Gasteiger partial charge in [-0.05, 0) is 68.8 Å². The number of methoxy groups -OCH3 is 1. The van der Waals surface area contributed by atoms with Crippen LogP contribution in [0.4, 0.5) is 19.4 Å². The number of carbonyl (C=O) groups is 2. The highest BCUT2D eigenvalue weighted by molar-refractivity contribution is 5.79. The van der Waals surface area contributed by atoms with E-state index < -0.39 is 36.3 Å². The lowest BCUT2D eigenvalue weighted by molar-refractivity contribution is -0.139. The molecule has 1 aromatic heterocycles. The lowest BCUT2D eigenvalue weighted by atomic mass is 10.1. The van der Waals surface area contributed by atoms with Crippen LogP contribution in [0.5, 0.6) is 0 Å². The fourth-order valence-corrected chi connectivity index (χ4v) is 4.24. The first-order chi connectivity index (χ1) is 18.4. The molecule has 11 heteroatoms. The largest absolute Gasteiger partial charge is 0.480 e. The van der Waals surface area contributed by atoms with Crippen LogP contribution in [0.2, 0.25) is 0 Å². The van der Waals surface area contributed by atoms with E-state index in [-0.39, 0.29) is 12.0 Å². The minimum absolute atomic E-state index is 0.0129. The van der Waals surface area contributed by atoms with Crippen molar-refractivity contribution in [3.05, 3.63) is 58.8 Å². The predicted octanol–water partition coefficient (Wildman–Crippen LogP) is 3.76. The maximum Gasteiger partial charge on any atom is 0.408 e. The Morgan fingerprint density at radius 3 is 2.79 bits per heavy atom. The van der Waals surface area contributed by atoms with E-state index in [4.69, 9.17) is 14.5 Å². The number of benzene rings is 1. The molecule has 1 aromatic carbocycles. The molecule has 0 fully saturated rings. The first-order valence-electron chi connectivity index (χ1n) is 12.9. The van der Waals surface area contributed by atoms with Crippen LogP contribution in [0, 0.1) is 11.6 Å². The van der Waals surface area contributed by atoms with Crippen LogP contribution >= 0.6 is 0 Å². The summed E-state index contributed by atoms with van der Waals surface area (Å²) in [6, 6.07) is 5.95. The van der Waals surface area contributed by atoms with Gasteiger partial charge in [0.1, 0.15) is 30.1 Å². The zero-order valence-electron chi connectivity index (χ0n) is 21.7. The Balaban J connectivity index is 1.43. The maximum absolute atomic E-state index is 13.7. The molecule has 1 atom stereocenters. The van der Waals surface area contributed by atoms with Gasteiger partial charge in [0.15, 0.2) is 0 Å². The number of halogens is 2. The second kappa shape index (κ2) is 15.2. The monoisotopic (exact) mass is 534 g/mol. The minimum atomic E-state index is -1.20. The van der Waals surface area contributed by atoms with Crippen molar-refractivity contribution in [1.82, 2.24) is 15.2 Å². The molecule has 1 aliphatic rings. The third kappa shape index (κ3) is 9.53. The number of carboxylic acids is 1. The number of anilines is 1. The number of aryl methyl sites for hydroxylation is 2. The van der Waals surface area contributed by atoms with E-state index in [9.17, 15) is 23.5 Å². The van der Waals surface area contributed by atoms with Crippen molar-refractivity contribution < 1.29 is 33.0 Å². The lowest BCUT2D eigenvalue weighted by Gasteiger charge is -2.24. The number of rotatable bonds is 15. The summed E-state index contributed by atoms with van der Waals surface area (Å²) in [5.41, 5.74) is 2.30. The van der Waals surface area contributed by atoms with Crippen molar-refractivity contribution in [1.29, 1.82) is 0 Å². The number of nitrogens with one attached hydrogen (secondary N) is 2. The van der Waals surface area contributed by atoms with Crippen LogP contribution in [-0.4, -0.2) is 73.0 Å². The number of aromatic nitrogens is 1. The molecule has 9 nitrogen and oxygen atoms in total. The number of amides is 1. The zero-order valence-corrected chi connectivity index (χ0v) is 21.7. The van der Waals surface area contributed by atoms with E-state index in [0.29, 0.717) is 25.8 Å². The molecule has 0 aliphatic carbocycles. The molecule has 0 unspecified atom stereocenters. The van der Waals surface area contributed by atoms with Crippen LogP contribution < -0.4 is 10.6 Å². The van der Waals surface area contributed by atoms with Crippen molar-refractivity contribution in [3.63, 3.8) is 0 Å². The molecule has 0 saturated carbocycles. The van der Waals surface area contributed by atoms with Crippen molar-refractivity contribution >= 4 is 17.9 Å². The smallest absolute Gasteiger partial charge is 0.408 e. The molecule has 1 aliphatic heterocycles. The van der Waals surface area contributed by atoms with Gasteiger partial charge >= 0.3 is 12.1 Å². The van der Waals surface area contributed by atoms with Crippen molar-refractivity contribution in [2.75, 3.05) is 45.2 Å². The molecule has 1 amide bonds. The molecular formula is C27H36F2N4O5. The van der Waals surface area contributed by atoms with E-state index >= 15 is 0 Å². The first-order valence-corrected chi connectivity index (χ1v) is 12.9. The molecule has 0 saturated heterocycles. The Morgan fingerprint density at radius 1 is 1.18 bits per heavy atom. The molecule has 3 N–H and O–H groups in total. The maximum atomic E-state index is 13.7. The van der Waals surface area contributed by atoms with Crippen molar-refractivity contribution in [2.45, 2.75) is 51.2 Å². The highest BCUT2D eigenvalue weighted by Crippen LogP contribution is 2.20. The summed E-state index contributed by atoms with van der Waals surface area (Å²) in [6.45, 7) is 2.79. The van der Waals surface area contributed by atoms with Crippen molar-refractivity contribution in [2.24, 2.45) is 0 Å². The van der Waals surface area contributed by atoms with Gasteiger partial charge in [-0.1, -0.05) is 6.07 Å². The Morgan fingerprint density at radius 2 is 2.03 bits per heavy atom. The fourth-order valence-electron chi connectivity index (χ4n) is 4.24. The van der Waals surface area contributed by atoms with Gasteiger partial charge < -0.3 is 30.1 Å². The van der Waals surface area contributed by atoms with Crippen LogP contribution in [0.3, 0.4) is 0 Å². The highest BCUT2D eigenvalue weighted by Gasteiger charge is 2.22. The van der Waals surface area contributed by atoms with Gasteiger partial charge in [0, 0.05) is 44.1 Å². The van der Waals surface area contributed by atoms with E-state index in [2.05, 4.69) is 27.7 Å².